The van der Waals surface area contributed by atoms with Crippen molar-refractivity contribution < 1.29 is 14.7 Å². The van der Waals surface area contributed by atoms with Gasteiger partial charge in [-0.3, -0.25) is 9.59 Å². The average Bonchev–Trinajstić information content (AvgIpc) is 3.07. The molecule has 0 saturated carbocycles. The topological polar surface area (TPSA) is 83.6 Å². The lowest BCUT2D eigenvalue weighted by Gasteiger charge is -2.31. The summed E-state index contributed by atoms with van der Waals surface area (Å²) in [5, 5.41) is 9.93. The lowest BCUT2D eigenvalue weighted by atomic mass is 9.77. The number of carbonyl (C=O) groups excluding carboxylic acids is 2. The molecule has 0 aliphatic heterocycles. The van der Waals surface area contributed by atoms with Gasteiger partial charge in [-0.2, -0.15) is 0 Å². The largest absolute Gasteiger partial charge is 0.395 e. The minimum absolute atomic E-state index is 0.0546. The molecule has 3 N–H and O–H groups in total. The van der Waals surface area contributed by atoms with E-state index in [4.69, 9.17) is 5.73 Å². The van der Waals surface area contributed by atoms with Crippen LogP contribution in [0.15, 0.2) is 24.3 Å². The average molecular weight is 675 g/mol. The number of carbonyl (C=O) groups is 2. The molecule has 0 aromatic carbocycles. The van der Waals surface area contributed by atoms with Gasteiger partial charge in [0.05, 0.1) is 6.61 Å². The third kappa shape index (κ3) is 28.5. The SMILES string of the molecule is CCCCCCCCC=CCCCCCCCC(=O)C(CN(C)C)C(C(=O)CCCCCCCC=CCCCCCCCC)C(N)CO. The molecular formula is C43H82N2O3. The van der Waals surface area contributed by atoms with Crippen molar-refractivity contribution in [3.05, 3.63) is 24.3 Å². The van der Waals surface area contributed by atoms with Crippen molar-refractivity contribution in [2.45, 2.75) is 200 Å². The Morgan fingerprint density at radius 2 is 0.875 bits per heavy atom. The molecule has 0 aliphatic rings. The maximum Gasteiger partial charge on any atom is 0.138 e. The minimum atomic E-state index is -0.691. The van der Waals surface area contributed by atoms with Crippen molar-refractivity contribution >= 4 is 11.6 Å². The molecule has 0 bridgehead atoms. The Hall–Kier alpha value is -1.30. The number of unbranched alkanes of at least 4 members (excludes halogenated alkanes) is 22. The van der Waals surface area contributed by atoms with Crippen LogP contribution in [-0.4, -0.2) is 54.9 Å². The predicted molar refractivity (Wildman–Crippen MR) is 210 cm³/mol. The minimum Gasteiger partial charge on any atom is -0.395 e. The number of rotatable bonds is 37. The predicted octanol–water partition coefficient (Wildman–Crippen LogP) is 11.3. The van der Waals surface area contributed by atoms with Crippen LogP contribution < -0.4 is 5.73 Å². The zero-order valence-corrected chi connectivity index (χ0v) is 32.5. The Morgan fingerprint density at radius 3 is 1.23 bits per heavy atom. The Bertz CT molecular complexity index is 778. The van der Waals surface area contributed by atoms with Crippen LogP contribution in [0.2, 0.25) is 0 Å². The molecule has 0 rings (SSSR count). The van der Waals surface area contributed by atoms with Crippen molar-refractivity contribution in [2.75, 3.05) is 27.2 Å². The molecule has 5 nitrogen and oxygen atoms in total. The Morgan fingerprint density at radius 1 is 0.542 bits per heavy atom. The molecule has 0 fully saturated rings. The maximum atomic E-state index is 13.5. The van der Waals surface area contributed by atoms with Crippen LogP contribution in [0, 0.1) is 11.8 Å². The van der Waals surface area contributed by atoms with Gasteiger partial charge >= 0.3 is 0 Å². The van der Waals surface area contributed by atoms with Crippen molar-refractivity contribution in [2.24, 2.45) is 17.6 Å². The van der Waals surface area contributed by atoms with Gasteiger partial charge in [0, 0.05) is 37.3 Å². The number of hydrogen-bond acceptors (Lipinski definition) is 5. The van der Waals surface area contributed by atoms with Gasteiger partial charge in [-0.05, 0) is 78.3 Å². The molecule has 0 spiro atoms. The van der Waals surface area contributed by atoms with Gasteiger partial charge in [-0.1, -0.05) is 141 Å². The molecule has 3 atom stereocenters. The Kier molecular flexibility index (Phi) is 34.6. The first-order chi connectivity index (χ1) is 23.4. The fourth-order valence-corrected chi connectivity index (χ4v) is 6.78. The molecule has 0 saturated heterocycles. The van der Waals surface area contributed by atoms with E-state index in [-0.39, 0.29) is 18.2 Å². The number of nitrogens with two attached hydrogens (primary N) is 1. The summed E-state index contributed by atoms with van der Waals surface area (Å²) < 4.78 is 0. The quantitative estimate of drug-likeness (QED) is 0.0506. The number of allylic oxidation sites excluding steroid dienone is 4. The van der Waals surface area contributed by atoms with Gasteiger partial charge in [0.15, 0.2) is 0 Å². The van der Waals surface area contributed by atoms with Gasteiger partial charge in [-0.15, -0.1) is 0 Å². The highest BCUT2D eigenvalue weighted by molar-refractivity contribution is 5.90. The van der Waals surface area contributed by atoms with E-state index in [9.17, 15) is 14.7 Å². The zero-order valence-electron chi connectivity index (χ0n) is 32.5. The lowest BCUT2D eigenvalue weighted by Crippen LogP contribution is -2.48. The third-order valence-corrected chi connectivity index (χ3v) is 9.82. The first kappa shape index (κ1) is 46.7. The first-order valence-electron chi connectivity index (χ1n) is 20.7. The number of nitrogens with zero attached hydrogens (tertiary/aromatic N) is 1. The summed E-state index contributed by atoms with van der Waals surface area (Å²) in [5.74, 6) is -0.869. The third-order valence-electron chi connectivity index (χ3n) is 9.82. The van der Waals surface area contributed by atoms with E-state index < -0.39 is 17.9 Å². The monoisotopic (exact) mass is 675 g/mol. The normalized spacial score (nSPS) is 14.0. The van der Waals surface area contributed by atoms with Crippen LogP contribution in [0.1, 0.15) is 194 Å². The van der Waals surface area contributed by atoms with Crippen LogP contribution >= 0.6 is 0 Å². The van der Waals surface area contributed by atoms with Gasteiger partial charge in [0.1, 0.15) is 11.6 Å². The van der Waals surface area contributed by atoms with Crippen molar-refractivity contribution in [3.63, 3.8) is 0 Å². The molecule has 5 heteroatoms. The fraction of sp³-hybridized carbons (Fsp3) is 0.860. The van der Waals surface area contributed by atoms with Crippen LogP contribution in [0.5, 0.6) is 0 Å². The summed E-state index contributed by atoms with van der Waals surface area (Å²) in [4.78, 5) is 28.9. The van der Waals surface area contributed by atoms with E-state index >= 15 is 0 Å². The highest BCUT2D eigenvalue weighted by atomic mass is 16.3. The zero-order chi connectivity index (χ0) is 35.5. The van der Waals surface area contributed by atoms with Crippen LogP contribution in [-0.2, 0) is 9.59 Å². The van der Waals surface area contributed by atoms with Crippen LogP contribution in [0.25, 0.3) is 0 Å². The number of Topliss-reactive ketones (excluding diaryl/α,β-unsaturated/α-hetero) is 2. The smallest absolute Gasteiger partial charge is 0.138 e. The second kappa shape index (κ2) is 35.5. The molecule has 3 unspecified atom stereocenters. The lowest BCUT2D eigenvalue weighted by molar-refractivity contribution is -0.134. The number of aliphatic hydroxyl groups is 1. The number of ketones is 2. The molecule has 0 heterocycles. The second-order valence-corrected chi connectivity index (χ2v) is 14.8. The summed E-state index contributed by atoms with van der Waals surface area (Å²) in [7, 11) is 3.89. The Labute approximate surface area is 299 Å². The van der Waals surface area contributed by atoms with E-state index in [1.165, 1.54) is 116 Å². The molecule has 0 amide bonds. The van der Waals surface area contributed by atoms with E-state index in [0.29, 0.717) is 19.4 Å². The number of hydrogen-bond donors (Lipinski definition) is 2. The highest BCUT2D eigenvalue weighted by Crippen LogP contribution is 2.24. The summed E-state index contributed by atoms with van der Waals surface area (Å²) >= 11 is 0. The fourth-order valence-electron chi connectivity index (χ4n) is 6.78. The van der Waals surface area contributed by atoms with Gasteiger partial charge in [0.25, 0.3) is 0 Å². The van der Waals surface area contributed by atoms with E-state index in [1.807, 2.05) is 19.0 Å². The summed E-state index contributed by atoms with van der Waals surface area (Å²) in [6.07, 6.45) is 42.1. The number of aliphatic hydroxyl groups excluding tert-OH is 1. The van der Waals surface area contributed by atoms with Gasteiger partial charge < -0.3 is 15.7 Å². The van der Waals surface area contributed by atoms with Crippen LogP contribution in [0.3, 0.4) is 0 Å². The Balaban J connectivity index is 4.34. The summed E-state index contributed by atoms with van der Waals surface area (Å²) in [6.45, 7) is 4.76. The highest BCUT2D eigenvalue weighted by Gasteiger charge is 2.37. The maximum absolute atomic E-state index is 13.5. The van der Waals surface area contributed by atoms with E-state index in [1.54, 1.807) is 0 Å². The van der Waals surface area contributed by atoms with Crippen molar-refractivity contribution in [1.82, 2.24) is 4.90 Å². The molecule has 282 valence electrons. The standard InChI is InChI=1S/C43H82N2O3/c1-5-7-9-11-13-15-17-19-21-23-25-27-29-31-33-35-41(47)39(37-45(3)4)43(40(44)38-46)42(48)36-34-32-30-28-26-24-22-20-18-16-14-12-10-8-6-2/h19-22,39-40,43,46H,5-18,23-38,44H2,1-4H3. The molecular weight excluding hydrogens is 592 g/mol. The summed E-state index contributed by atoms with van der Waals surface area (Å²) in [5.41, 5.74) is 6.32. The van der Waals surface area contributed by atoms with Crippen LogP contribution in [0.4, 0.5) is 0 Å². The molecule has 0 aromatic rings. The molecule has 48 heavy (non-hydrogen) atoms. The molecule has 0 aliphatic carbocycles. The second-order valence-electron chi connectivity index (χ2n) is 14.8. The first-order valence-corrected chi connectivity index (χ1v) is 20.7. The van der Waals surface area contributed by atoms with Crippen molar-refractivity contribution in [3.8, 4) is 0 Å². The van der Waals surface area contributed by atoms with Crippen molar-refractivity contribution in [1.29, 1.82) is 0 Å². The van der Waals surface area contributed by atoms with Gasteiger partial charge in [-0.25, -0.2) is 0 Å². The van der Waals surface area contributed by atoms with Gasteiger partial charge in [0.2, 0.25) is 0 Å². The molecule has 0 aromatic heterocycles. The van der Waals surface area contributed by atoms with E-state index in [0.717, 1.165) is 51.4 Å². The van der Waals surface area contributed by atoms with E-state index in [2.05, 4.69) is 38.2 Å². The molecule has 0 radical (unpaired) electrons. The summed E-state index contributed by atoms with van der Waals surface area (Å²) in [6, 6.07) is -0.691.